The number of benzene rings is 2. The molecule has 0 radical (unpaired) electrons. The third-order valence-electron chi connectivity index (χ3n) is 8.56. The highest BCUT2D eigenvalue weighted by molar-refractivity contribution is 5.49. The van der Waals surface area contributed by atoms with Crippen LogP contribution in [-0.4, -0.2) is 26.2 Å². The summed E-state index contributed by atoms with van der Waals surface area (Å²) < 4.78 is 0. The molecule has 0 N–H and O–H groups in total. The van der Waals surface area contributed by atoms with Crippen LogP contribution in [0.4, 0.5) is 11.4 Å². The molecule has 2 nitrogen and oxygen atoms in total. The molecule has 29 heavy (non-hydrogen) atoms. The quantitative estimate of drug-likeness (QED) is 0.612. The van der Waals surface area contributed by atoms with E-state index in [1.165, 1.54) is 56.3 Å². The van der Waals surface area contributed by atoms with Gasteiger partial charge in [-0.1, -0.05) is 55.7 Å². The van der Waals surface area contributed by atoms with Crippen molar-refractivity contribution in [1.82, 2.24) is 0 Å². The number of anilines is 2. The van der Waals surface area contributed by atoms with Gasteiger partial charge in [-0.2, -0.15) is 0 Å². The smallest absolute Gasteiger partial charge is 0.0366 e. The van der Waals surface area contributed by atoms with Gasteiger partial charge in [0.2, 0.25) is 0 Å². The summed E-state index contributed by atoms with van der Waals surface area (Å²) in [5, 5.41) is 0. The fraction of sp³-hybridized carbons (Fsp3) is 0.556. The number of hydrogen-bond acceptors (Lipinski definition) is 2. The Labute approximate surface area is 176 Å². The highest BCUT2D eigenvalue weighted by Crippen LogP contribution is 2.55. The molecule has 0 aliphatic heterocycles. The molecular weight excluding hydrogens is 352 g/mol. The molecule has 2 aromatic carbocycles. The van der Waals surface area contributed by atoms with Gasteiger partial charge in [0.1, 0.15) is 0 Å². The standard InChI is InChI=1S/C27H36N2/c1-28(22-12-5-3-6-13-22)24-18-16-20-10-9-11-21-17-19-25(27(24)26(20)21)29(2)23-14-7-4-8-15-23/h3-8,12-15,20-21,24-27H,9-11,16-19H2,1-2H3. The van der Waals surface area contributed by atoms with Crippen molar-refractivity contribution in [3.63, 3.8) is 0 Å². The van der Waals surface area contributed by atoms with Crippen molar-refractivity contribution in [2.24, 2.45) is 23.7 Å². The molecule has 4 atom stereocenters. The molecule has 3 saturated carbocycles. The van der Waals surface area contributed by atoms with Gasteiger partial charge in [-0.3, -0.25) is 0 Å². The molecule has 2 heteroatoms. The first kappa shape index (κ1) is 19.0. The molecule has 3 aliphatic rings. The van der Waals surface area contributed by atoms with E-state index in [2.05, 4.69) is 84.6 Å². The van der Waals surface area contributed by atoms with E-state index < -0.39 is 0 Å². The third-order valence-corrected chi connectivity index (χ3v) is 8.56. The summed E-state index contributed by atoms with van der Waals surface area (Å²) >= 11 is 0. The van der Waals surface area contributed by atoms with Crippen LogP contribution >= 0.6 is 0 Å². The lowest BCUT2D eigenvalue weighted by Gasteiger charge is -2.58. The molecule has 0 saturated heterocycles. The summed E-state index contributed by atoms with van der Waals surface area (Å²) in [5.41, 5.74) is 2.77. The van der Waals surface area contributed by atoms with Crippen LogP contribution in [0, 0.1) is 23.7 Å². The summed E-state index contributed by atoms with van der Waals surface area (Å²) in [7, 11) is 4.71. The number of para-hydroxylation sites is 2. The molecule has 154 valence electrons. The Morgan fingerprint density at radius 3 is 1.45 bits per heavy atom. The minimum Gasteiger partial charge on any atom is -0.371 e. The minimum absolute atomic E-state index is 0.649. The molecule has 2 aromatic rings. The van der Waals surface area contributed by atoms with E-state index in [0.29, 0.717) is 12.1 Å². The Morgan fingerprint density at radius 2 is 1.00 bits per heavy atom. The van der Waals surface area contributed by atoms with Gasteiger partial charge in [0.25, 0.3) is 0 Å². The molecule has 4 unspecified atom stereocenters. The number of rotatable bonds is 4. The molecular formula is C27H36N2. The summed E-state index contributed by atoms with van der Waals surface area (Å²) in [5.74, 6) is 3.61. The Morgan fingerprint density at radius 1 is 0.552 bits per heavy atom. The molecule has 0 spiro atoms. The second-order valence-corrected chi connectivity index (χ2v) is 9.79. The van der Waals surface area contributed by atoms with E-state index in [4.69, 9.17) is 0 Å². The van der Waals surface area contributed by atoms with Crippen LogP contribution in [0.25, 0.3) is 0 Å². The van der Waals surface area contributed by atoms with Crippen molar-refractivity contribution >= 4 is 11.4 Å². The van der Waals surface area contributed by atoms with Crippen LogP contribution in [0.2, 0.25) is 0 Å². The maximum Gasteiger partial charge on any atom is 0.0366 e. The van der Waals surface area contributed by atoms with E-state index >= 15 is 0 Å². The van der Waals surface area contributed by atoms with Gasteiger partial charge in [-0.25, -0.2) is 0 Å². The monoisotopic (exact) mass is 388 g/mol. The van der Waals surface area contributed by atoms with Crippen LogP contribution < -0.4 is 9.80 Å². The molecule has 3 aliphatic carbocycles. The minimum atomic E-state index is 0.649. The Bertz CT molecular complexity index is 723. The van der Waals surface area contributed by atoms with Crippen LogP contribution in [-0.2, 0) is 0 Å². The lowest BCUT2D eigenvalue weighted by molar-refractivity contribution is -0.0125. The zero-order valence-electron chi connectivity index (χ0n) is 18.1. The first-order valence-electron chi connectivity index (χ1n) is 11.8. The topological polar surface area (TPSA) is 6.48 Å². The lowest BCUT2D eigenvalue weighted by atomic mass is 9.53. The Hall–Kier alpha value is -1.96. The summed E-state index contributed by atoms with van der Waals surface area (Å²) in [4.78, 5) is 5.26. The predicted molar refractivity (Wildman–Crippen MR) is 124 cm³/mol. The van der Waals surface area contributed by atoms with Crippen molar-refractivity contribution < 1.29 is 0 Å². The highest BCUT2D eigenvalue weighted by atomic mass is 15.2. The van der Waals surface area contributed by atoms with Crippen molar-refractivity contribution in [3.8, 4) is 0 Å². The zero-order valence-corrected chi connectivity index (χ0v) is 18.1. The van der Waals surface area contributed by atoms with Gasteiger partial charge in [0.15, 0.2) is 0 Å². The molecule has 0 heterocycles. The van der Waals surface area contributed by atoms with Gasteiger partial charge in [-0.15, -0.1) is 0 Å². The maximum atomic E-state index is 2.63. The van der Waals surface area contributed by atoms with E-state index in [1.807, 2.05) is 0 Å². The number of nitrogens with zero attached hydrogens (tertiary/aromatic N) is 2. The Balaban J connectivity index is 1.50. The maximum absolute atomic E-state index is 2.63. The van der Waals surface area contributed by atoms with E-state index in [9.17, 15) is 0 Å². The average molecular weight is 389 g/mol. The van der Waals surface area contributed by atoms with Gasteiger partial charge in [-0.05, 0) is 67.7 Å². The summed E-state index contributed by atoms with van der Waals surface area (Å²) in [6.07, 6.45) is 9.98. The van der Waals surface area contributed by atoms with Crippen LogP contribution in [0.1, 0.15) is 44.9 Å². The summed E-state index contributed by atoms with van der Waals surface area (Å²) in [6, 6.07) is 23.5. The van der Waals surface area contributed by atoms with E-state index in [-0.39, 0.29) is 0 Å². The molecule has 0 bridgehead atoms. The second-order valence-electron chi connectivity index (χ2n) is 9.79. The molecule has 3 fully saturated rings. The zero-order chi connectivity index (χ0) is 19.8. The van der Waals surface area contributed by atoms with Gasteiger partial charge < -0.3 is 9.80 Å². The van der Waals surface area contributed by atoms with E-state index in [0.717, 1.165) is 23.7 Å². The molecule has 0 amide bonds. The summed E-state index contributed by atoms with van der Waals surface area (Å²) in [6.45, 7) is 0. The normalized spacial score (nSPS) is 33.6. The van der Waals surface area contributed by atoms with Crippen LogP contribution in [0.3, 0.4) is 0 Å². The molecule has 5 rings (SSSR count). The van der Waals surface area contributed by atoms with Gasteiger partial charge in [0, 0.05) is 43.5 Å². The third kappa shape index (κ3) is 3.45. The van der Waals surface area contributed by atoms with Crippen molar-refractivity contribution in [1.29, 1.82) is 0 Å². The molecule has 0 aromatic heterocycles. The van der Waals surface area contributed by atoms with Gasteiger partial charge >= 0.3 is 0 Å². The first-order chi connectivity index (χ1) is 14.2. The number of hydrogen-bond donors (Lipinski definition) is 0. The lowest BCUT2D eigenvalue weighted by Crippen LogP contribution is -2.60. The SMILES string of the molecule is CN(c1ccccc1)C1CCC2CCCC3CCC(N(C)c4ccccc4)C1C23. The van der Waals surface area contributed by atoms with Gasteiger partial charge in [0.05, 0.1) is 0 Å². The fourth-order valence-electron chi connectivity index (χ4n) is 7.25. The second kappa shape index (κ2) is 8.05. The van der Waals surface area contributed by atoms with Crippen LogP contribution in [0.5, 0.6) is 0 Å². The average Bonchev–Trinajstić information content (AvgIpc) is 2.80. The van der Waals surface area contributed by atoms with Crippen molar-refractivity contribution in [2.45, 2.75) is 57.0 Å². The van der Waals surface area contributed by atoms with Crippen molar-refractivity contribution in [3.05, 3.63) is 60.7 Å². The van der Waals surface area contributed by atoms with Crippen LogP contribution in [0.15, 0.2) is 60.7 Å². The highest BCUT2D eigenvalue weighted by Gasteiger charge is 2.52. The predicted octanol–water partition coefficient (Wildman–Crippen LogP) is 6.23. The fourth-order valence-corrected chi connectivity index (χ4v) is 7.25. The Kier molecular flexibility index (Phi) is 5.28. The first-order valence-corrected chi connectivity index (χ1v) is 11.8. The van der Waals surface area contributed by atoms with E-state index in [1.54, 1.807) is 0 Å². The largest absolute Gasteiger partial charge is 0.371 e. The van der Waals surface area contributed by atoms with Crippen molar-refractivity contribution in [2.75, 3.05) is 23.9 Å².